The van der Waals surface area contributed by atoms with Crippen molar-refractivity contribution in [3.8, 4) is 22.6 Å². The average molecular weight is 487 g/mol. The van der Waals surface area contributed by atoms with Crippen LogP contribution < -0.4 is 10.9 Å². The number of hydrogen-bond acceptors (Lipinski definition) is 5. The maximum Gasteiger partial charge on any atom is 0.344 e. The number of amides is 1. The van der Waals surface area contributed by atoms with Crippen LogP contribution in [-0.4, -0.2) is 10.9 Å². The quantitative estimate of drug-likeness (QED) is 0.268. The van der Waals surface area contributed by atoms with E-state index < -0.39 is 5.63 Å². The minimum Gasteiger partial charge on any atom is -0.436 e. The third-order valence-corrected chi connectivity index (χ3v) is 6.35. The number of hydrogen-bond donors (Lipinski definition) is 1. The van der Waals surface area contributed by atoms with Gasteiger partial charge in [0.25, 0.3) is 5.91 Å². The van der Waals surface area contributed by atoms with Crippen molar-refractivity contribution in [3.05, 3.63) is 118 Å². The van der Waals surface area contributed by atoms with E-state index in [0.29, 0.717) is 39.4 Å². The van der Waals surface area contributed by atoms with E-state index in [2.05, 4.69) is 10.3 Å². The van der Waals surface area contributed by atoms with Gasteiger partial charge >= 0.3 is 5.63 Å². The molecule has 6 heteroatoms. The zero-order valence-electron chi connectivity index (χ0n) is 20.2. The van der Waals surface area contributed by atoms with Crippen molar-refractivity contribution in [2.45, 2.75) is 13.8 Å². The van der Waals surface area contributed by atoms with Crippen LogP contribution >= 0.6 is 0 Å². The third kappa shape index (κ3) is 4.29. The number of anilines is 1. The molecule has 4 aromatic carbocycles. The largest absolute Gasteiger partial charge is 0.436 e. The van der Waals surface area contributed by atoms with E-state index in [1.54, 1.807) is 36.4 Å². The van der Waals surface area contributed by atoms with E-state index in [9.17, 15) is 9.59 Å². The second-order valence-corrected chi connectivity index (χ2v) is 9.04. The Morgan fingerprint density at radius 3 is 2.54 bits per heavy atom. The van der Waals surface area contributed by atoms with E-state index in [1.807, 2.05) is 68.4 Å². The predicted molar refractivity (Wildman–Crippen MR) is 145 cm³/mol. The topological polar surface area (TPSA) is 85.3 Å². The molecule has 2 heterocycles. The van der Waals surface area contributed by atoms with Gasteiger partial charge in [-0.05, 0) is 79.1 Å². The normalized spacial score (nSPS) is 11.2. The summed E-state index contributed by atoms with van der Waals surface area (Å²) in [6.45, 7) is 3.93. The first-order chi connectivity index (χ1) is 17.9. The van der Waals surface area contributed by atoms with Gasteiger partial charge in [-0.25, -0.2) is 9.78 Å². The van der Waals surface area contributed by atoms with Crippen molar-refractivity contribution in [2.75, 3.05) is 5.32 Å². The molecule has 0 bridgehead atoms. The number of para-hydroxylation sites is 1. The average Bonchev–Trinajstić information content (AvgIpc) is 3.33. The molecule has 0 fully saturated rings. The first kappa shape index (κ1) is 22.5. The van der Waals surface area contributed by atoms with Crippen LogP contribution in [0.1, 0.15) is 21.5 Å². The minimum absolute atomic E-state index is 0.291. The van der Waals surface area contributed by atoms with E-state index in [-0.39, 0.29) is 5.91 Å². The molecule has 1 amide bonds. The van der Waals surface area contributed by atoms with Crippen LogP contribution in [0.3, 0.4) is 0 Å². The van der Waals surface area contributed by atoms with Crippen molar-refractivity contribution in [1.29, 1.82) is 0 Å². The fourth-order valence-electron chi connectivity index (χ4n) is 4.34. The van der Waals surface area contributed by atoms with E-state index in [4.69, 9.17) is 8.83 Å². The predicted octanol–water partition coefficient (Wildman–Crippen LogP) is 7.14. The molecule has 0 spiro atoms. The lowest BCUT2D eigenvalue weighted by Gasteiger charge is -2.11. The van der Waals surface area contributed by atoms with Gasteiger partial charge in [-0.1, -0.05) is 42.5 Å². The first-order valence-corrected chi connectivity index (χ1v) is 11.9. The van der Waals surface area contributed by atoms with Crippen LogP contribution in [0.2, 0.25) is 0 Å². The molecule has 1 N–H and O–H groups in total. The molecular formula is C31H22N2O4. The summed E-state index contributed by atoms with van der Waals surface area (Å²) in [4.78, 5) is 30.5. The zero-order valence-corrected chi connectivity index (χ0v) is 20.2. The van der Waals surface area contributed by atoms with Gasteiger partial charge in [-0.15, -0.1) is 0 Å². The van der Waals surface area contributed by atoms with E-state index in [1.165, 1.54) is 0 Å². The molecule has 0 atom stereocenters. The lowest BCUT2D eigenvalue weighted by molar-refractivity contribution is 0.102. The summed E-state index contributed by atoms with van der Waals surface area (Å²) >= 11 is 0. The monoisotopic (exact) mass is 486 g/mol. The van der Waals surface area contributed by atoms with Gasteiger partial charge in [-0.3, -0.25) is 4.79 Å². The van der Waals surface area contributed by atoms with Crippen molar-refractivity contribution in [2.24, 2.45) is 0 Å². The van der Waals surface area contributed by atoms with Gasteiger partial charge in [0.15, 0.2) is 5.58 Å². The molecule has 0 saturated carbocycles. The number of carbonyl (C=O) groups excluding carboxylic acids is 1. The number of nitrogens with zero attached hydrogens (tertiary/aromatic N) is 1. The molecule has 0 unspecified atom stereocenters. The molecule has 0 aliphatic rings. The number of fused-ring (bicyclic) bond motifs is 2. The summed E-state index contributed by atoms with van der Waals surface area (Å²) in [5.74, 6) is 0.196. The van der Waals surface area contributed by atoms with Crippen LogP contribution in [0.4, 0.5) is 5.69 Å². The number of rotatable bonds is 4. The van der Waals surface area contributed by atoms with Gasteiger partial charge < -0.3 is 14.2 Å². The van der Waals surface area contributed by atoms with Gasteiger partial charge in [0.05, 0.1) is 5.56 Å². The Labute approximate surface area is 212 Å². The number of oxazole rings is 1. The molecule has 6 rings (SSSR count). The Balaban J connectivity index is 1.31. The molecule has 6 aromatic rings. The summed E-state index contributed by atoms with van der Waals surface area (Å²) in [6.07, 6.45) is 0. The zero-order chi connectivity index (χ0) is 25.5. The number of aryl methyl sites for hydroxylation is 2. The highest BCUT2D eigenvalue weighted by Gasteiger charge is 2.15. The number of benzene rings is 4. The highest BCUT2D eigenvalue weighted by atomic mass is 16.4. The number of aromatic nitrogens is 1. The Morgan fingerprint density at radius 2 is 1.65 bits per heavy atom. The molecular weight excluding hydrogens is 464 g/mol. The second-order valence-electron chi connectivity index (χ2n) is 9.04. The highest BCUT2D eigenvalue weighted by Crippen LogP contribution is 2.29. The van der Waals surface area contributed by atoms with Gasteiger partial charge in [-0.2, -0.15) is 0 Å². The lowest BCUT2D eigenvalue weighted by atomic mass is 10.0. The first-order valence-electron chi connectivity index (χ1n) is 11.9. The van der Waals surface area contributed by atoms with Crippen LogP contribution in [-0.2, 0) is 0 Å². The smallest absolute Gasteiger partial charge is 0.344 e. The molecule has 0 radical (unpaired) electrons. The van der Waals surface area contributed by atoms with Crippen LogP contribution in [0, 0.1) is 13.8 Å². The van der Waals surface area contributed by atoms with Crippen molar-refractivity contribution in [3.63, 3.8) is 0 Å². The van der Waals surface area contributed by atoms with E-state index in [0.717, 1.165) is 27.6 Å². The Hall–Kier alpha value is -4.97. The lowest BCUT2D eigenvalue weighted by Crippen LogP contribution is -2.13. The highest BCUT2D eigenvalue weighted by molar-refractivity contribution is 6.05. The Bertz CT molecular complexity index is 1880. The number of nitrogens with one attached hydrogen (secondary N) is 1. The molecule has 2 aromatic heterocycles. The SMILES string of the molecule is Cc1ccc2oc(-c3ccc(C)c(NC(=O)c4cccc(-c5cc6ccccc6oc5=O)c4)c3)nc2c1. The maximum atomic E-state index is 13.2. The minimum atomic E-state index is -0.451. The summed E-state index contributed by atoms with van der Waals surface area (Å²) in [5, 5.41) is 3.81. The summed E-state index contributed by atoms with van der Waals surface area (Å²) in [5.41, 5.74) is 6.42. The Kier molecular flexibility index (Phi) is 5.42. The summed E-state index contributed by atoms with van der Waals surface area (Å²) in [7, 11) is 0. The molecule has 0 aliphatic heterocycles. The molecule has 37 heavy (non-hydrogen) atoms. The van der Waals surface area contributed by atoms with Crippen LogP contribution in [0.25, 0.3) is 44.7 Å². The van der Waals surface area contributed by atoms with Crippen molar-refractivity contribution < 1.29 is 13.6 Å². The van der Waals surface area contributed by atoms with Crippen molar-refractivity contribution >= 4 is 33.7 Å². The van der Waals surface area contributed by atoms with E-state index >= 15 is 0 Å². The number of carbonyl (C=O) groups is 1. The molecule has 0 aliphatic carbocycles. The fourth-order valence-corrected chi connectivity index (χ4v) is 4.34. The van der Waals surface area contributed by atoms with Gasteiger partial charge in [0.1, 0.15) is 11.1 Å². The van der Waals surface area contributed by atoms with Crippen molar-refractivity contribution in [1.82, 2.24) is 4.98 Å². The van der Waals surface area contributed by atoms with Crippen LogP contribution in [0.5, 0.6) is 0 Å². The summed E-state index contributed by atoms with van der Waals surface area (Å²) < 4.78 is 11.4. The van der Waals surface area contributed by atoms with Crippen LogP contribution in [0.15, 0.2) is 105 Å². The molecule has 180 valence electrons. The van der Waals surface area contributed by atoms with Gasteiger partial charge in [0.2, 0.25) is 5.89 Å². The third-order valence-electron chi connectivity index (χ3n) is 6.35. The standard InChI is InChI=1S/C31H22N2O4/c1-18-10-13-28-26(14-18)33-30(36-28)23-12-11-19(2)25(17-23)32-29(34)22-8-5-7-20(15-22)24-16-21-6-3-4-9-27(21)37-31(24)35/h3-17H,1-2H3,(H,32,34). The fraction of sp³-hybridized carbons (Fsp3) is 0.0645. The molecule has 0 saturated heterocycles. The second kappa shape index (κ2) is 8.91. The maximum absolute atomic E-state index is 13.2. The summed E-state index contributed by atoms with van der Waals surface area (Å²) in [6, 6.07) is 27.6. The Morgan fingerprint density at radius 1 is 0.784 bits per heavy atom. The van der Waals surface area contributed by atoms with Gasteiger partial charge in [0, 0.05) is 22.2 Å². The molecule has 6 nitrogen and oxygen atoms in total.